The van der Waals surface area contributed by atoms with Crippen LogP contribution in [0.3, 0.4) is 0 Å². The minimum Gasteiger partial charge on any atom is -0.507 e. The van der Waals surface area contributed by atoms with Gasteiger partial charge in [0, 0.05) is 11.6 Å². The average molecular weight is 296 g/mol. The van der Waals surface area contributed by atoms with E-state index >= 15 is 0 Å². The molecular formula is C16H22ClNO2. The lowest BCUT2D eigenvalue weighted by Crippen LogP contribution is -2.31. The molecule has 4 heteroatoms. The van der Waals surface area contributed by atoms with Gasteiger partial charge in [-0.2, -0.15) is 0 Å². The summed E-state index contributed by atoms with van der Waals surface area (Å²) in [5, 5.41) is 13.1. The van der Waals surface area contributed by atoms with E-state index in [4.69, 9.17) is 11.6 Å². The van der Waals surface area contributed by atoms with Crippen molar-refractivity contribution in [3.05, 3.63) is 28.8 Å². The minimum absolute atomic E-state index is 0.0651. The summed E-state index contributed by atoms with van der Waals surface area (Å²) in [6, 6.07) is 4.56. The van der Waals surface area contributed by atoms with E-state index in [9.17, 15) is 9.90 Å². The topological polar surface area (TPSA) is 49.3 Å². The Hall–Kier alpha value is -1.22. The van der Waals surface area contributed by atoms with Crippen molar-refractivity contribution in [2.24, 2.45) is 11.8 Å². The lowest BCUT2D eigenvalue weighted by Gasteiger charge is -2.27. The fourth-order valence-electron chi connectivity index (χ4n) is 2.87. The van der Waals surface area contributed by atoms with Gasteiger partial charge in [0.2, 0.25) is 0 Å². The number of hydrogen-bond acceptors (Lipinski definition) is 2. The van der Waals surface area contributed by atoms with Crippen LogP contribution in [0.25, 0.3) is 0 Å². The summed E-state index contributed by atoms with van der Waals surface area (Å²) in [6.07, 6.45) is 6.17. The van der Waals surface area contributed by atoms with E-state index < -0.39 is 0 Å². The minimum atomic E-state index is -0.225. The average Bonchev–Trinajstić information content (AvgIpc) is 2.45. The van der Waals surface area contributed by atoms with E-state index in [2.05, 4.69) is 12.2 Å². The van der Waals surface area contributed by atoms with Crippen molar-refractivity contribution in [3.63, 3.8) is 0 Å². The molecule has 1 amide bonds. The molecule has 2 N–H and O–H groups in total. The highest BCUT2D eigenvalue weighted by atomic mass is 35.5. The highest BCUT2D eigenvalue weighted by Crippen LogP contribution is 2.30. The number of benzene rings is 1. The van der Waals surface area contributed by atoms with Gasteiger partial charge in [-0.1, -0.05) is 37.8 Å². The zero-order valence-corrected chi connectivity index (χ0v) is 12.6. The van der Waals surface area contributed by atoms with Crippen LogP contribution in [0.15, 0.2) is 18.2 Å². The Bertz CT molecular complexity index is 468. The quantitative estimate of drug-likeness (QED) is 0.882. The largest absolute Gasteiger partial charge is 0.507 e. The second-order valence-corrected chi connectivity index (χ2v) is 6.10. The van der Waals surface area contributed by atoms with Crippen LogP contribution in [-0.2, 0) is 0 Å². The zero-order chi connectivity index (χ0) is 14.5. The van der Waals surface area contributed by atoms with Crippen molar-refractivity contribution in [1.29, 1.82) is 0 Å². The van der Waals surface area contributed by atoms with Gasteiger partial charge in [-0.15, -0.1) is 0 Å². The number of hydrogen-bond donors (Lipinski definition) is 2. The third kappa shape index (κ3) is 3.89. The molecule has 3 nitrogen and oxygen atoms in total. The summed E-state index contributed by atoms with van der Waals surface area (Å²) in [6.45, 7) is 2.94. The Kier molecular flexibility index (Phi) is 5.30. The van der Waals surface area contributed by atoms with Crippen LogP contribution in [-0.4, -0.2) is 17.6 Å². The van der Waals surface area contributed by atoms with E-state index in [1.165, 1.54) is 38.2 Å². The fourth-order valence-corrected chi connectivity index (χ4v) is 3.04. The molecule has 0 aromatic heterocycles. The number of halogens is 1. The number of carbonyl (C=O) groups is 1. The second kappa shape index (κ2) is 6.98. The normalized spacial score (nSPS) is 22.5. The summed E-state index contributed by atoms with van der Waals surface area (Å²) >= 11 is 5.76. The van der Waals surface area contributed by atoms with Crippen molar-refractivity contribution in [1.82, 2.24) is 5.32 Å². The summed E-state index contributed by atoms with van der Waals surface area (Å²) in [5.74, 6) is 1.14. The second-order valence-electron chi connectivity index (χ2n) is 5.67. The van der Waals surface area contributed by atoms with Crippen molar-refractivity contribution in [3.8, 4) is 5.75 Å². The van der Waals surface area contributed by atoms with Gasteiger partial charge >= 0.3 is 0 Å². The van der Waals surface area contributed by atoms with E-state index in [1.807, 2.05) is 0 Å². The number of phenols is 1. The SMILES string of the molecule is CCC1CCC(CNC(=O)c2ccc(Cl)cc2O)CC1. The molecule has 0 spiro atoms. The fraction of sp³-hybridized carbons (Fsp3) is 0.562. The summed E-state index contributed by atoms with van der Waals surface area (Å²) in [5.41, 5.74) is 0.289. The first-order valence-electron chi connectivity index (χ1n) is 7.36. The lowest BCUT2D eigenvalue weighted by molar-refractivity contribution is 0.0938. The molecule has 1 aliphatic carbocycles. The van der Waals surface area contributed by atoms with Crippen LogP contribution in [0, 0.1) is 11.8 Å². The number of phenolic OH excluding ortho intramolecular Hbond substituents is 1. The van der Waals surface area contributed by atoms with E-state index in [0.29, 0.717) is 17.5 Å². The highest BCUT2D eigenvalue weighted by molar-refractivity contribution is 6.30. The molecule has 0 unspecified atom stereocenters. The summed E-state index contributed by atoms with van der Waals surface area (Å²) in [4.78, 5) is 12.0. The van der Waals surface area contributed by atoms with Crippen molar-refractivity contribution in [2.45, 2.75) is 39.0 Å². The standard InChI is InChI=1S/C16H22ClNO2/c1-2-11-3-5-12(6-4-11)10-18-16(20)14-8-7-13(17)9-15(14)19/h7-9,11-12,19H,2-6,10H2,1H3,(H,18,20). The van der Waals surface area contributed by atoms with E-state index in [-0.39, 0.29) is 17.2 Å². The third-order valence-corrected chi connectivity index (χ3v) is 4.53. The monoisotopic (exact) mass is 295 g/mol. The Morgan fingerprint density at radius 2 is 1.95 bits per heavy atom. The van der Waals surface area contributed by atoms with Gasteiger partial charge in [0.15, 0.2) is 0 Å². The molecule has 0 bridgehead atoms. The molecule has 0 radical (unpaired) electrons. The lowest BCUT2D eigenvalue weighted by atomic mass is 9.81. The molecule has 0 saturated heterocycles. The predicted molar refractivity (Wildman–Crippen MR) is 81.2 cm³/mol. The van der Waals surface area contributed by atoms with Gasteiger partial charge in [-0.05, 0) is 42.9 Å². The molecule has 2 rings (SSSR count). The number of aromatic hydroxyl groups is 1. The van der Waals surface area contributed by atoms with Crippen LogP contribution < -0.4 is 5.32 Å². The van der Waals surface area contributed by atoms with Gasteiger partial charge in [-0.25, -0.2) is 0 Å². The van der Waals surface area contributed by atoms with Crippen LogP contribution in [0.5, 0.6) is 5.75 Å². The van der Waals surface area contributed by atoms with Gasteiger partial charge < -0.3 is 10.4 Å². The molecule has 110 valence electrons. The molecule has 1 saturated carbocycles. The zero-order valence-electron chi connectivity index (χ0n) is 11.9. The van der Waals surface area contributed by atoms with Crippen molar-refractivity contribution < 1.29 is 9.90 Å². The molecule has 1 fully saturated rings. The maximum Gasteiger partial charge on any atom is 0.255 e. The third-order valence-electron chi connectivity index (χ3n) is 4.30. The first-order chi connectivity index (χ1) is 9.60. The van der Waals surface area contributed by atoms with Gasteiger partial charge in [-0.3, -0.25) is 4.79 Å². The molecule has 20 heavy (non-hydrogen) atoms. The molecule has 1 aliphatic rings. The smallest absolute Gasteiger partial charge is 0.255 e. The highest BCUT2D eigenvalue weighted by Gasteiger charge is 2.21. The van der Waals surface area contributed by atoms with Crippen LogP contribution >= 0.6 is 11.6 Å². The Balaban J connectivity index is 1.83. The van der Waals surface area contributed by atoms with Crippen LogP contribution in [0.1, 0.15) is 49.4 Å². The number of rotatable bonds is 4. The van der Waals surface area contributed by atoms with Crippen LogP contribution in [0.4, 0.5) is 0 Å². The summed E-state index contributed by atoms with van der Waals surface area (Å²) in [7, 11) is 0. The Morgan fingerprint density at radius 1 is 1.30 bits per heavy atom. The van der Waals surface area contributed by atoms with Crippen LogP contribution in [0.2, 0.25) is 5.02 Å². The number of nitrogens with one attached hydrogen (secondary N) is 1. The van der Waals surface area contributed by atoms with Crippen molar-refractivity contribution in [2.75, 3.05) is 6.54 Å². The van der Waals surface area contributed by atoms with Gasteiger partial charge in [0.1, 0.15) is 5.75 Å². The molecule has 1 aromatic carbocycles. The van der Waals surface area contributed by atoms with Gasteiger partial charge in [0.25, 0.3) is 5.91 Å². The molecular weight excluding hydrogens is 274 g/mol. The summed E-state index contributed by atoms with van der Waals surface area (Å²) < 4.78 is 0. The predicted octanol–water partition coefficient (Wildman–Crippen LogP) is 3.99. The first-order valence-corrected chi connectivity index (χ1v) is 7.74. The van der Waals surface area contributed by atoms with Gasteiger partial charge in [0.05, 0.1) is 5.56 Å². The molecule has 0 aliphatic heterocycles. The maximum absolute atomic E-state index is 12.0. The number of carbonyl (C=O) groups excluding carboxylic acids is 1. The van der Waals surface area contributed by atoms with E-state index in [0.717, 1.165) is 5.92 Å². The van der Waals surface area contributed by atoms with Crippen molar-refractivity contribution >= 4 is 17.5 Å². The molecule has 0 heterocycles. The first kappa shape index (κ1) is 15.2. The Labute approximate surface area is 125 Å². The van der Waals surface area contributed by atoms with E-state index in [1.54, 1.807) is 12.1 Å². The Morgan fingerprint density at radius 3 is 2.55 bits per heavy atom. The maximum atomic E-state index is 12.0. The number of amides is 1. The molecule has 0 atom stereocenters. The molecule has 1 aromatic rings.